The summed E-state index contributed by atoms with van der Waals surface area (Å²) in [6.07, 6.45) is -0.235. The van der Waals surface area contributed by atoms with Gasteiger partial charge in [-0.3, -0.25) is 4.90 Å². The molecule has 6 heteroatoms. The summed E-state index contributed by atoms with van der Waals surface area (Å²) >= 11 is 5.10. The number of nitrogens with one attached hydrogen (secondary N) is 1. The maximum absolute atomic E-state index is 12.3. The van der Waals surface area contributed by atoms with Gasteiger partial charge in [-0.25, -0.2) is 4.79 Å². The van der Waals surface area contributed by atoms with E-state index in [1.54, 1.807) is 11.3 Å². The number of halogens is 1. The summed E-state index contributed by atoms with van der Waals surface area (Å²) in [7, 11) is 0. The van der Waals surface area contributed by atoms with Crippen molar-refractivity contribution in [3.8, 4) is 0 Å². The van der Waals surface area contributed by atoms with Gasteiger partial charge in [0.2, 0.25) is 0 Å². The van der Waals surface area contributed by atoms with Crippen LogP contribution in [-0.2, 0) is 4.74 Å². The van der Waals surface area contributed by atoms with Crippen molar-refractivity contribution < 1.29 is 9.53 Å². The van der Waals surface area contributed by atoms with Gasteiger partial charge >= 0.3 is 6.09 Å². The molecule has 1 amide bonds. The van der Waals surface area contributed by atoms with Gasteiger partial charge in [0.15, 0.2) is 0 Å². The van der Waals surface area contributed by atoms with Crippen molar-refractivity contribution in [1.82, 2.24) is 10.2 Å². The van der Waals surface area contributed by atoms with Crippen molar-refractivity contribution in [3.05, 3.63) is 20.8 Å². The smallest absolute Gasteiger partial charge is 0.410 e. The van der Waals surface area contributed by atoms with Crippen LogP contribution in [-0.4, -0.2) is 36.2 Å². The van der Waals surface area contributed by atoms with Crippen LogP contribution in [0.3, 0.4) is 0 Å². The Morgan fingerprint density at radius 1 is 1.58 bits per heavy atom. The van der Waals surface area contributed by atoms with Crippen molar-refractivity contribution in [3.63, 3.8) is 0 Å². The molecule has 1 aromatic heterocycles. The fourth-order valence-corrected chi connectivity index (χ4v) is 3.26. The van der Waals surface area contributed by atoms with E-state index in [4.69, 9.17) is 4.74 Å². The Bertz CT molecular complexity index is 456. The molecule has 1 N–H and O–H groups in total. The number of hydrogen-bond acceptors (Lipinski definition) is 4. The third kappa shape index (κ3) is 3.94. The molecule has 0 bridgehead atoms. The lowest BCUT2D eigenvalue weighted by atomic mass is 10.1. The first-order chi connectivity index (χ1) is 8.87. The molecule has 1 atom stereocenters. The van der Waals surface area contributed by atoms with Gasteiger partial charge in [0.05, 0.1) is 9.83 Å². The molecular weight excluding hydrogens is 328 g/mol. The number of nitrogens with zero attached hydrogens (tertiary/aromatic N) is 1. The number of thiophene rings is 1. The highest BCUT2D eigenvalue weighted by Crippen LogP contribution is 2.30. The molecule has 1 aliphatic heterocycles. The van der Waals surface area contributed by atoms with Gasteiger partial charge in [-0.2, -0.15) is 0 Å². The number of ether oxygens (including phenoxy) is 1. The second kappa shape index (κ2) is 5.81. The van der Waals surface area contributed by atoms with Crippen LogP contribution in [0.15, 0.2) is 15.2 Å². The minimum absolute atomic E-state index is 0.0474. The van der Waals surface area contributed by atoms with Crippen molar-refractivity contribution in [2.45, 2.75) is 32.4 Å². The van der Waals surface area contributed by atoms with Gasteiger partial charge in [0.1, 0.15) is 5.60 Å². The van der Waals surface area contributed by atoms with Gasteiger partial charge in [-0.15, -0.1) is 11.3 Å². The number of amides is 1. The van der Waals surface area contributed by atoms with Crippen molar-refractivity contribution >= 4 is 33.4 Å². The molecule has 1 aromatic rings. The number of hydrogen-bond donors (Lipinski definition) is 1. The van der Waals surface area contributed by atoms with E-state index >= 15 is 0 Å². The molecule has 4 nitrogen and oxygen atoms in total. The lowest BCUT2D eigenvalue weighted by molar-refractivity contribution is 0.0118. The lowest BCUT2D eigenvalue weighted by Crippen LogP contribution is -2.50. The first-order valence-electron chi connectivity index (χ1n) is 6.31. The largest absolute Gasteiger partial charge is 0.444 e. The maximum Gasteiger partial charge on any atom is 0.410 e. The number of rotatable bonds is 1. The number of carbonyl (C=O) groups is 1. The molecule has 19 heavy (non-hydrogen) atoms. The predicted molar refractivity (Wildman–Crippen MR) is 80.6 cm³/mol. The van der Waals surface area contributed by atoms with E-state index in [1.807, 2.05) is 25.7 Å². The molecule has 0 aromatic carbocycles. The Hall–Kier alpha value is -0.590. The van der Waals surface area contributed by atoms with Crippen LogP contribution in [0.5, 0.6) is 0 Å². The number of carbonyl (C=O) groups excluding carboxylic acids is 1. The Balaban J connectivity index is 2.14. The Morgan fingerprint density at radius 2 is 2.32 bits per heavy atom. The second-order valence-electron chi connectivity index (χ2n) is 5.58. The lowest BCUT2D eigenvalue weighted by Gasteiger charge is -2.36. The van der Waals surface area contributed by atoms with Crippen LogP contribution in [0.25, 0.3) is 0 Å². The molecule has 1 aliphatic rings. The molecule has 1 saturated heterocycles. The van der Waals surface area contributed by atoms with E-state index in [0.717, 1.165) is 22.4 Å². The highest BCUT2D eigenvalue weighted by atomic mass is 79.9. The van der Waals surface area contributed by atoms with E-state index in [-0.39, 0.29) is 12.1 Å². The third-order valence-electron chi connectivity index (χ3n) is 2.84. The minimum Gasteiger partial charge on any atom is -0.444 e. The molecule has 0 aliphatic carbocycles. The first kappa shape index (κ1) is 14.8. The highest BCUT2D eigenvalue weighted by molar-refractivity contribution is 9.11. The van der Waals surface area contributed by atoms with Gasteiger partial charge in [-0.1, -0.05) is 0 Å². The van der Waals surface area contributed by atoms with E-state index in [1.165, 1.54) is 0 Å². The molecule has 1 unspecified atom stereocenters. The molecular formula is C13H19BrN2O2S. The fraction of sp³-hybridized carbons (Fsp3) is 0.615. The zero-order chi connectivity index (χ0) is 14.0. The average molecular weight is 347 g/mol. The van der Waals surface area contributed by atoms with Crippen LogP contribution in [0, 0.1) is 0 Å². The SMILES string of the molecule is CC(C)(C)OC(=O)N1CCNCC1c1csc(Br)c1. The summed E-state index contributed by atoms with van der Waals surface area (Å²) < 4.78 is 6.57. The van der Waals surface area contributed by atoms with Crippen molar-refractivity contribution in [2.75, 3.05) is 19.6 Å². The normalized spacial score (nSPS) is 20.4. The van der Waals surface area contributed by atoms with Crippen molar-refractivity contribution in [1.29, 1.82) is 0 Å². The quantitative estimate of drug-likeness (QED) is 0.847. The topological polar surface area (TPSA) is 41.6 Å². The third-order valence-corrected chi connectivity index (χ3v) is 4.37. The summed E-state index contributed by atoms with van der Waals surface area (Å²) in [5, 5.41) is 5.41. The van der Waals surface area contributed by atoms with Crippen LogP contribution in [0.4, 0.5) is 4.79 Å². The Morgan fingerprint density at radius 3 is 2.89 bits per heavy atom. The zero-order valence-corrected chi connectivity index (χ0v) is 13.8. The van der Waals surface area contributed by atoms with E-state index in [0.29, 0.717) is 6.54 Å². The van der Waals surface area contributed by atoms with Gasteiger partial charge in [0, 0.05) is 19.6 Å². The minimum atomic E-state index is -0.457. The highest BCUT2D eigenvalue weighted by Gasteiger charge is 2.31. The van der Waals surface area contributed by atoms with Crippen LogP contribution in [0.2, 0.25) is 0 Å². The van der Waals surface area contributed by atoms with E-state index in [2.05, 4.69) is 32.7 Å². The summed E-state index contributed by atoms with van der Waals surface area (Å²) in [6.45, 7) is 7.92. The van der Waals surface area contributed by atoms with Crippen LogP contribution in [0.1, 0.15) is 32.4 Å². The second-order valence-corrected chi connectivity index (χ2v) is 7.87. The Kier molecular flexibility index (Phi) is 4.53. The van der Waals surface area contributed by atoms with Crippen LogP contribution < -0.4 is 5.32 Å². The fourth-order valence-electron chi connectivity index (χ4n) is 2.04. The molecule has 0 radical (unpaired) electrons. The first-order valence-corrected chi connectivity index (χ1v) is 7.98. The van der Waals surface area contributed by atoms with E-state index < -0.39 is 5.60 Å². The monoisotopic (exact) mass is 346 g/mol. The van der Waals surface area contributed by atoms with Gasteiger partial charge in [-0.05, 0) is 53.7 Å². The zero-order valence-electron chi connectivity index (χ0n) is 11.4. The maximum atomic E-state index is 12.3. The predicted octanol–water partition coefficient (Wildman–Crippen LogP) is 3.39. The summed E-state index contributed by atoms with van der Waals surface area (Å²) in [5.74, 6) is 0. The summed E-state index contributed by atoms with van der Waals surface area (Å²) in [4.78, 5) is 14.1. The molecule has 1 fully saturated rings. The number of piperazine rings is 1. The molecule has 106 valence electrons. The van der Waals surface area contributed by atoms with Crippen molar-refractivity contribution in [2.24, 2.45) is 0 Å². The van der Waals surface area contributed by atoms with E-state index in [9.17, 15) is 4.79 Å². The Labute approximate surface area is 126 Å². The molecule has 2 heterocycles. The average Bonchev–Trinajstić information content (AvgIpc) is 2.73. The summed E-state index contributed by atoms with van der Waals surface area (Å²) in [6, 6.07) is 2.12. The van der Waals surface area contributed by atoms with Crippen LogP contribution >= 0.6 is 27.3 Å². The van der Waals surface area contributed by atoms with Gasteiger partial charge in [0.25, 0.3) is 0 Å². The molecule has 2 rings (SSSR count). The molecule has 0 spiro atoms. The molecule has 0 saturated carbocycles. The van der Waals surface area contributed by atoms with Gasteiger partial charge < -0.3 is 10.1 Å². The standard InChI is InChI=1S/C13H19BrN2O2S/c1-13(2,3)18-12(17)16-5-4-15-7-10(16)9-6-11(14)19-8-9/h6,8,10,15H,4-5,7H2,1-3H3. The summed E-state index contributed by atoms with van der Waals surface area (Å²) in [5.41, 5.74) is 0.691.